The van der Waals surface area contributed by atoms with Gasteiger partial charge in [0.05, 0.1) is 0 Å². The molecule has 0 saturated carbocycles. The molecule has 1 amide bonds. The third-order valence-corrected chi connectivity index (χ3v) is 3.43. The molecule has 2 aromatic carbocycles. The summed E-state index contributed by atoms with van der Waals surface area (Å²) in [6.45, 7) is 1.80. The zero-order chi connectivity index (χ0) is 15.8. The van der Waals surface area contributed by atoms with E-state index in [1.54, 1.807) is 12.1 Å². The normalized spacial score (nSPS) is 10.6. The van der Waals surface area contributed by atoms with Crippen molar-refractivity contribution < 1.29 is 4.79 Å². The molecule has 0 aromatic heterocycles. The lowest BCUT2D eigenvalue weighted by Gasteiger charge is -2.16. The van der Waals surface area contributed by atoms with Crippen LogP contribution in [0.3, 0.4) is 0 Å². The predicted molar refractivity (Wildman–Crippen MR) is 91.5 cm³/mol. The van der Waals surface area contributed by atoms with Gasteiger partial charge in [-0.05, 0) is 49.8 Å². The van der Waals surface area contributed by atoms with E-state index in [4.69, 9.17) is 5.73 Å². The van der Waals surface area contributed by atoms with Crippen LogP contribution in [0.4, 0.5) is 11.4 Å². The van der Waals surface area contributed by atoms with Gasteiger partial charge in [0.15, 0.2) is 0 Å². The second-order valence-corrected chi connectivity index (χ2v) is 5.50. The van der Waals surface area contributed by atoms with Gasteiger partial charge in [-0.1, -0.05) is 30.3 Å². The Morgan fingerprint density at radius 2 is 1.77 bits per heavy atom. The molecule has 0 aliphatic rings. The summed E-state index contributed by atoms with van der Waals surface area (Å²) in [5, 5.41) is 2.88. The first-order chi connectivity index (χ1) is 10.6. The summed E-state index contributed by atoms with van der Waals surface area (Å²) < 4.78 is 0. The van der Waals surface area contributed by atoms with Crippen LogP contribution >= 0.6 is 0 Å². The van der Waals surface area contributed by atoms with Gasteiger partial charge in [0, 0.05) is 24.3 Å². The average molecular weight is 297 g/mol. The third kappa shape index (κ3) is 5.58. The number of benzene rings is 2. The number of carbonyl (C=O) groups is 1. The Bertz CT molecular complexity index is 581. The SMILES string of the molecule is CN(CCCC(=O)Nc1ccc(N)cc1)Cc1ccccc1. The Labute approximate surface area is 131 Å². The summed E-state index contributed by atoms with van der Waals surface area (Å²) in [6, 6.07) is 17.5. The zero-order valence-electron chi connectivity index (χ0n) is 13.0. The molecule has 0 unspecified atom stereocenters. The lowest BCUT2D eigenvalue weighted by Crippen LogP contribution is -2.21. The van der Waals surface area contributed by atoms with Crippen LogP contribution in [0.15, 0.2) is 54.6 Å². The second kappa shape index (κ2) is 8.20. The molecule has 0 radical (unpaired) electrons. The van der Waals surface area contributed by atoms with E-state index in [0.717, 1.165) is 25.2 Å². The fourth-order valence-electron chi connectivity index (χ4n) is 2.27. The first-order valence-corrected chi connectivity index (χ1v) is 7.51. The number of hydrogen-bond donors (Lipinski definition) is 2. The van der Waals surface area contributed by atoms with Crippen molar-refractivity contribution in [2.24, 2.45) is 0 Å². The topological polar surface area (TPSA) is 58.4 Å². The van der Waals surface area contributed by atoms with Gasteiger partial charge in [0.1, 0.15) is 0 Å². The molecule has 0 fully saturated rings. The highest BCUT2D eigenvalue weighted by Gasteiger charge is 2.04. The minimum atomic E-state index is 0.0397. The maximum Gasteiger partial charge on any atom is 0.224 e. The van der Waals surface area contributed by atoms with Gasteiger partial charge in [-0.15, -0.1) is 0 Å². The van der Waals surface area contributed by atoms with E-state index in [-0.39, 0.29) is 5.91 Å². The molecule has 0 heterocycles. The number of anilines is 2. The van der Waals surface area contributed by atoms with Crippen LogP contribution in [0.5, 0.6) is 0 Å². The number of nitrogen functional groups attached to an aromatic ring is 1. The van der Waals surface area contributed by atoms with Crippen molar-refractivity contribution in [2.45, 2.75) is 19.4 Å². The molecule has 0 spiro atoms. The summed E-state index contributed by atoms with van der Waals surface area (Å²) in [7, 11) is 2.07. The number of nitrogens with zero attached hydrogens (tertiary/aromatic N) is 1. The molecular weight excluding hydrogens is 274 g/mol. The van der Waals surface area contributed by atoms with E-state index in [0.29, 0.717) is 12.1 Å². The zero-order valence-corrected chi connectivity index (χ0v) is 13.0. The fraction of sp³-hybridized carbons (Fsp3) is 0.278. The van der Waals surface area contributed by atoms with Crippen LogP contribution in [0.2, 0.25) is 0 Å². The number of nitrogens with two attached hydrogens (primary N) is 1. The van der Waals surface area contributed by atoms with E-state index in [1.165, 1.54) is 5.56 Å². The van der Waals surface area contributed by atoms with Crippen molar-refractivity contribution in [3.8, 4) is 0 Å². The average Bonchev–Trinajstić information content (AvgIpc) is 2.50. The molecule has 4 heteroatoms. The van der Waals surface area contributed by atoms with Crippen LogP contribution < -0.4 is 11.1 Å². The third-order valence-electron chi connectivity index (χ3n) is 3.43. The quantitative estimate of drug-likeness (QED) is 0.772. The van der Waals surface area contributed by atoms with E-state index in [9.17, 15) is 4.79 Å². The molecule has 0 saturated heterocycles. The van der Waals surface area contributed by atoms with Gasteiger partial charge in [-0.3, -0.25) is 4.79 Å². The van der Waals surface area contributed by atoms with Crippen LogP contribution in [0, 0.1) is 0 Å². The standard InChI is InChI=1S/C18H23N3O/c1-21(14-15-6-3-2-4-7-15)13-5-8-18(22)20-17-11-9-16(19)10-12-17/h2-4,6-7,9-12H,5,8,13-14,19H2,1H3,(H,20,22). The highest BCUT2D eigenvalue weighted by atomic mass is 16.1. The Morgan fingerprint density at radius 3 is 2.45 bits per heavy atom. The molecule has 116 valence electrons. The fourth-order valence-corrected chi connectivity index (χ4v) is 2.27. The summed E-state index contributed by atoms with van der Waals surface area (Å²) in [6.07, 6.45) is 1.35. The summed E-state index contributed by atoms with van der Waals surface area (Å²) in [5.74, 6) is 0.0397. The van der Waals surface area contributed by atoms with Crippen LogP contribution in [-0.2, 0) is 11.3 Å². The summed E-state index contributed by atoms with van der Waals surface area (Å²) in [5.41, 5.74) is 8.39. The second-order valence-electron chi connectivity index (χ2n) is 5.50. The van der Waals surface area contributed by atoms with Crippen molar-refractivity contribution in [1.82, 2.24) is 4.90 Å². The molecule has 3 N–H and O–H groups in total. The summed E-state index contributed by atoms with van der Waals surface area (Å²) >= 11 is 0. The Kier molecular flexibility index (Phi) is 5.98. The molecule has 0 atom stereocenters. The molecule has 0 bridgehead atoms. The largest absolute Gasteiger partial charge is 0.399 e. The van der Waals surface area contributed by atoms with E-state index >= 15 is 0 Å². The van der Waals surface area contributed by atoms with Crippen LogP contribution in [-0.4, -0.2) is 24.4 Å². The number of rotatable bonds is 7. The maximum absolute atomic E-state index is 11.9. The number of carbonyl (C=O) groups excluding carboxylic acids is 1. The van der Waals surface area contributed by atoms with Gasteiger partial charge in [-0.25, -0.2) is 0 Å². The summed E-state index contributed by atoms with van der Waals surface area (Å²) in [4.78, 5) is 14.1. The smallest absolute Gasteiger partial charge is 0.224 e. The first kappa shape index (κ1) is 16.0. The van der Waals surface area contributed by atoms with Gasteiger partial charge in [-0.2, -0.15) is 0 Å². The van der Waals surface area contributed by atoms with Gasteiger partial charge in [0.25, 0.3) is 0 Å². The Balaban J connectivity index is 1.67. The minimum absolute atomic E-state index is 0.0397. The molecule has 0 aliphatic carbocycles. The van der Waals surface area contributed by atoms with Crippen molar-refractivity contribution in [1.29, 1.82) is 0 Å². The van der Waals surface area contributed by atoms with E-state index < -0.39 is 0 Å². The highest BCUT2D eigenvalue weighted by Crippen LogP contribution is 2.11. The molecule has 2 rings (SSSR count). The minimum Gasteiger partial charge on any atom is -0.399 e. The molecule has 22 heavy (non-hydrogen) atoms. The number of amides is 1. The lowest BCUT2D eigenvalue weighted by molar-refractivity contribution is -0.116. The van der Waals surface area contributed by atoms with Gasteiger partial charge < -0.3 is 16.0 Å². The Morgan fingerprint density at radius 1 is 1.09 bits per heavy atom. The van der Waals surface area contributed by atoms with Crippen molar-refractivity contribution in [2.75, 3.05) is 24.6 Å². The monoisotopic (exact) mass is 297 g/mol. The van der Waals surface area contributed by atoms with Crippen molar-refractivity contribution in [3.05, 3.63) is 60.2 Å². The number of nitrogens with one attached hydrogen (secondary N) is 1. The van der Waals surface area contributed by atoms with E-state index in [2.05, 4.69) is 29.4 Å². The molecular formula is C18H23N3O. The lowest BCUT2D eigenvalue weighted by atomic mass is 10.2. The maximum atomic E-state index is 11.9. The van der Waals surface area contributed by atoms with Crippen LogP contribution in [0.1, 0.15) is 18.4 Å². The highest BCUT2D eigenvalue weighted by molar-refractivity contribution is 5.90. The van der Waals surface area contributed by atoms with E-state index in [1.807, 2.05) is 30.3 Å². The van der Waals surface area contributed by atoms with Gasteiger partial charge in [0.2, 0.25) is 5.91 Å². The predicted octanol–water partition coefficient (Wildman–Crippen LogP) is 3.12. The van der Waals surface area contributed by atoms with Gasteiger partial charge >= 0.3 is 0 Å². The van der Waals surface area contributed by atoms with Crippen molar-refractivity contribution in [3.63, 3.8) is 0 Å². The number of hydrogen-bond acceptors (Lipinski definition) is 3. The molecule has 0 aliphatic heterocycles. The van der Waals surface area contributed by atoms with Crippen LogP contribution in [0.25, 0.3) is 0 Å². The first-order valence-electron chi connectivity index (χ1n) is 7.51. The van der Waals surface area contributed by atoms with Crippen molar-refractivity contribution >= 4 is 17.3 Å². The molecule has 4 nitrogen and oxygen atoms in total. The Hall–Kier alpha value is -2.33. The molecule has 2 aromatic rings.